The zero-order valence-corrected chi connectivity index (χ0v) is 17.7. The number of likely N-dealkylation sites (N-methyl/N-ethyl adjacent to an activating group) is 1. The Morgan fingerprint density at radius 3 is 2.59 bits per heavy atom. The topological polar surface area (TPSA) is 125 Å². The van der Waals surface area contributed by atoms with Gasteiger partial charge in [0.2, 0.25) is 12.3 Å². The maximum Gasteiger partial charge on any atom is 0.331 e. The van der Waals surface area contributed by atoms with E-state index in [1.807, 2.05) is 22.9 Å². The average Bonchev–Trinajstić information content (AvgIpc) is 3.48. The molecule has 0 aromatic carbocycles. The summed E-state index contributed by atoms with van der Waals surface area (Å²) in [6.45, 7) is 2.12. The minimum atomic E-state index is -0.348. The molecule has 164 valence electrons. The zero-order valence-electron chi connectivity index (χ0n) is 17.7. The van der Waals surface area contributed by atoms with Gasteiger partial charge in [-0.05, 0) is 37.3 Å². The number of fused-ring (bicyclic) bond motifs is 1. The number of carbonyl (C=O) groups excluding carboxylic acids is 3. The molecule has 2 N–H and O–H groups in total. The molecule has 4 heterocycles. The molecular formula is C21H22N8O3. The molecule has 1 saturated carbocycles. The zero-order chi connectivity index (χ0) is 22.4. The maximum atomic E-state index is 12.6. The maximum absolute atomic E-state index is 12.6. The van der Waals surface area contributed by atoms with Crippen molar-refractivity contribution in [3.63, 3.8) is 0 Å². The van der Waals surface area contributed by atoms with Gasteiger partial charge in [0, 0.05) is 25.5 Å². The summed E-state index contributed by atoms with van der Waals surface area (Å²) in [6.07, 6.45) is 6.74. The molecule has 5 rings (SSSR count). The van der Waals surface area contributed by atoms with Crippen molar-refractivity contribution >= 4 is 41.3 Å². The number of rotatable bonds is 7. The lowest BCUT2D eigenvalue weighted by molar-refractivity contribution is -0.123. The molecule has 0 bridgehead atoms. The van der Waals surface area contributed by atoms with Crippen LogP contribution in [0, 0.1) is 6.92 Å². The van der Waals surface area contributed by atoms with Crippen LogP contribution < -0.4 is 15.5 Å². The number of hydrogen-bond donors (Lipinski definition) is 2. The fraction of sp³-hybridized carbons (Fsp3) is 0.333. The first kappa shape index (κ1) is 19.9. The molecular weight excluding hydrogens is 412 g/mol. The normalized spacial score (nSPS) is 16.2. The van der Waals surface area contributed by atoms with Crippen molar-refractivity contribution in [2.45, 2.75) is 32.2 Å². The number of urea groups is 1. The van der Waals surface area contributed by atoms with Crippen LogP contribution in [0.3, 0.4) is 0 Å². The highest BCUT2D eigenvalue weighted by molar-refractivity contribution is 6.13. The average molecular weight is 434 g/mol. The van der Waals surface area contributed by atoms with Crippen molar-refractivity contribution in [3.05, 3.63) is 41.6 Å². The first-order valence-electron chi connectivity index (χ1n) is 10.3. The van der Waals surface area contributed by atoms with Crippen LogP contribution in [0.5, 0.6) is 0 Å². The largest absolute Gasteiger partial charge is 0.364 e. The molecule has 32 heavy (non-hydrogen) atoms. The summed E-state index contributed by atoms with van der Waals surface area (Å²) in [7, 11) is 1.49. The van der Waals surface area contributed by atoms with Crippen molar-refractivity contribution in [2.75, 3.05) is 29.1 Å². The molecule has 0 atom stereocenters. The molecule has 11 heteroatoms. The Kier molecular flexibility index (Phi) is 4.72. The second kappa shape index (κ2) is 7.59. The van der Waals surface area contributed by atoms with Crippen LogP contribution in [-0.4, -0.2) is 56.2 Å². The molecule has 1 saturated heterocycles. The smallest absolute Gasteiger partial charge is 0.331 e. The van der Waals surface area contributed by atoms with Crippen LogP contribution in [-0.2, 0) is 16.1 Å². The van der Waals surface area contributed by atoms with Crippen LogP contribution in [0.4, 0.5) is 22.1 Å². The van der Waals surface area contributed by atoms with Crippen LogP contribution >= 0.6 is 0 Å². The number of aromatic nitrogens is 4. The summed E-state index contributed by atoms with van der Waals surface area (Å²) in [5, 5.41) is 5.72. The number of anilines is 3. The van der Waals surface area contributed by atoms with Crippen LogP contribution in [0.15, 0.2) is 24.5 Å². The van der Waals surface area contributed by atoms with Crippen LogP contribution in [0.1, 0.15) is 35.8 Å². The molecule has 2 aliphatic rings. The van der Waals surface area contributed by atoms with E-state index in [-0.39, 0.29) is 18.5 Å². The van der Waals surface area contributed by atoms with Crippen molar-refractivity contribution in [2.24, 2.45) is 0 Å². The number of amides is 4. The van der Waals surface area contributed by atoms with E-state index in [4.69, 9.17) is 4.98 Å². The summed E-state index contributed by atoms with van der Waals surface area (Å²) >= 11 is 0. The Hall–Kier alpha value is -4.02. The highest BCUT2D eigenvalue weighted by Crippen LogP contribution is 2.42. The second-order valence-corrected chi connectivity index (χ2v) is 8.02. The minimum Gasteiger partial charge on any atom is -0.364 e. The van der Waals surface area contributed by atoms with Gasteiger partial charge in [-0.15, -0.1) is 0 Å². The van der Waals surface area contributed by atoms with E-state index in [1.54, 1.807) is 13.0 Å². The van der Waals surface area contributed by atoms with Gasteiger partial charge in [-0.3, -0.25) is 19.4 Å². The van der Waals surface area contributed by atoms with E-state index in [2.05, 4.69) is 20.6 Å². The molecule has 2 fully saturated rings. The monoisotopic (exact) mass is 434 g/mol. The quantitative estimate of drug-likeness (QED) is 0.430. The second-order valence-electron chi connectivity index (χ2n) is 8.02. The molecule has 3 aromatic rings. The molecule has 4 amide bonds. The van der Waals surface area contributed by atoms with Gasteiger partial charge in [0.05, 0.1) is 17.9 Å². The third-order valence-corrected chi connectivity index (χ3v) is 5.62. The molecule has 3 aromatic heterocycles. The van der Waals surface area contributed by atoms with Crippen molar-refractivity contribution < 1.29 is 14.4 Å². The number of imidazole rings is 1. The summed E-state index contributed by atoms with van der Waals surface area (Å²) in [5.41, 5.74) is 3.13. The highest BCUT2D eigenvalue weighted by atomic mass is 16.2. The molecule has 0 unspecified atom stereocenters. The van der Waals surface area contributed by atoms with E-state index in [0.29, 0.717) is 47.7 Å². The Labute approximate surface area is 183 Å². The minimum absolute atomic E-state index is 0.00623. The number of aryl methyl sites for hydroxylation is 1. The standard InChI is InChI=1S/C21H22N8O3/c1-12-24-17(6-18(25-12)23-11-30)22-7-15-9-28-8-14(13-3-4-13)5-16(20(28)26-15)29-10-19(31)27(2)21(29)32/h5-6,8-9,11,13H,3-4,7,10H2,1-2H3,(H2,22,23,24,25,30). The summed E-state index contributed by atoms with van der Waals surface area (Å²) < 4.78 is 1.92. The Balaban J connectivity index is 1.46. The molecule has 1 aliphatic heterocycles. The van der Waals surface area contributed by atoms with E-state index in [0.717, 1.165) is 29.0 Å². The van der Waals surface area contributed by atoms with Gasteiger partial charge in [0.15, 0.2) is 5.65 Å². The SMILES string of the molecule is Cc1nc(NC=O)cc(NCc2cn3cc(C4CC4)cc(N4CC(=O)N(C)C4=O)c3n2)n1. The molecule has 0 radical (unpaired) electrons. The van der Waals surface area contributed by atoms with Crippen LogP contribution in [0.2, 0.25) is 0 Å². The predicted molar refractivity (Wildman–Crippen MR) is 116 cm³/mol. The van der Waals surface area contributed by atoms with E-state index >= 15 is 0 Å². The number of nitrogens with one attached hydrogen (secondary N) is 2. The number of nitrogens with zero attached hydrogens (tertiary/aromatic N) is 6. The number of carbonyl (C=O) groups is 3. The fourth-order valence-electron chi connectivity index (χ4n) is 3.83. The third-order valence-electron chi connectivity index (χ3n) is 5.62. The Bertz CT molecular complexity index is 1250. The van der Waals surface area contributed by atoms with Gasteiger partial charge in [-0.25, -0.2) is 19.7 Å². The summed E-state index contributed by atoms with van der Waals surface area (Å²) in [5.74, 6) is 1.72. The highest BCUT2D eigenvalue weighted by Gasteiger charge is 2.36. The van der Waals surface area contributed by atoms with Gasteiger partial charge in [0.1, 0.15) is 24.0 Å². The van der Waals surface area contributed by atoms with E-state index < -0.39 is 0 Å². The first-order chi connectivity index (χ1) is 15.4. The van der Waals surface area contributed by atoms with Gasteiger partial charge in [-0.1, -0.05) is 0 Å². The summed E-state index contributed by atoms with van der Waals surface area (Å²) in [4.78, 5) is 51.2. The third kappa shape index (κ3) is 3.61. The fourth-order valence-corrected chi connectivity index (χ4v) is 3.83. The lowest BCUT2D eigenvalue weighted by Crippen LogP contribution is -2.30. The lowest BCUT2D eigenvalue weighted by atomic mass is 10.1. The molecule has 0 spiro atoms. The molecule has 11 nitrogen and oxygen atoms in total. The van der Waals surface area contributed by atoms with Crippen molar-refractivity contribution in [1.82, 2.24) is 24.3 Å². The van der Waals surface area contributed by atoms with E-state index in [9.17, 15) is 14.4 Å². The van der Waals surface area contributed by atoms with Gasteiger partial charge >= 0.3 is 6.03 Å². The lowest BCUT2D eigenvalue weighted by Gasteiger charge is -2.17. The van der Waals surface area contributed by atoms with Crippen molar-refractivity contribution in [3.8, 4) is 0 Å². The Morgan fingerprint density at radius 1 is 1.12 bits per heavy atom. The van der Waals surface area contributed by atoms with Gasteiger partial charge in [-0.2, -0.15) is 0 Å². The number of pyridine rings is 1. The number of imide groups is 1. The Morgan fingerprint density at radius 2 is 1.91 bits per heavy atom. The molecule has 1 aliphatic carbocycles. The predicted octanol–water partition coefficient (Wildman–Crippen LogP) is 1.89. The first-order valence-corrected chi connectivity index (χ1v) is 10.3. The van der Waals surface area contributed by atoms with Gasteiger partial charge in [0.25, 0.3) is 0 Å². The van der Waals surface area contributed by atoms with Gasteiger partial charge < -0.3 is 15.0 Å². The van der Waals surface area contributed by atoms with Crippen molar-refractivity contribution in [1.29, 1.82) is 0 Å². The number of hydrogen-bond acceptors (Lipinski definition) is 7. The van der Waals surface area contributed by atoms with E-state index in [1.165, 1.54) is 11.9 Å². The van der Waals surface area contributed by atoms with Crippen LogP contribution in [0.25, 0.3) is 5.65 Å². The summed E-state index contributed by atoms with van der Waals surface area (Å²) in [6, 6.07) is 3.27.